The summed E-state index contributed by atoms with van der Waals surface area (Å²) in [6.07, 6.45) is 46.6. The number of rotatable bonds is 53. The van der Waals surface area contributed by atoms with E-state index in [0.29, 0.717) is 39.1 Å². The summed E-state index contributed by atoms with van der Waals surface area (Å²) in [5, 5.41) is 60.5. The molecule has 0 aliphatic carbocycles. The van der Waals surface area contributed by atoms with E-state index in [4.69, 9.17) is 9.47 Å². The van der Waals surface area contributed by atoms with Gasteiger partial charge in [0.15, 0.2) is 24.5 Å². The predicted octanol–water partition coefficient (Wildman–Crippen LogP) is 20.0. The van der Waals surface area contributed by atoms with E-state index in [9.17, 15) is 39.9 Å². The van der Waals surface area contributed by atoms with E-state index >= 15 is 0 Å². The maximum Gasteiger partial charge on any atom is 0.340 e. The Morgan fingerprint density at radius 3 is 0.935 bits per heavy atom. The van der Waals surface area contributed by atoms with Crippen LogP contribution in [0.5, 0.6) is 0 Å². The van der Waals surface area contributed by atoms with E-state index in [-0.39, 0.29) is 44.8 Å². The minimum absolute atomic E-state index is 0.0476. The molecule has 4 rings (SSSR count). The molecule has 4 unspecified atom stereocenters. The van der Waals surface area contributed by atoms with Gasteiger partial charge in [-0.1, -0.05) is 282 Å². The number of aliphatic hydroxyl groups excluding tert-OH is 2. The van der Waals surface area contributed by atoms with E-state index in [2.05, 4.69) is 46.4 Å². The van der Waals surface area contributed by atoms with Crippen LogP contribution in [0.3, 0.4) is 0 Å². The lowest BCUT2D eigenvalue weighted by Gasteiger charge is -2.35. The molecular weight excluding hydrogens is 1150 g/mol. The van der Waals surface area contributed by atoms with Crippen molar-refractivity contribution in [1.82, 2.24) is 9.80 Å². The first kappa shape index (κ1) is 78.3. The van der Waals surface area contributed by atoms with Crippen LogP contribution >= 0.6 is 0 Å². The van der Waals surface area contributed by atoms with Crippen molar-refractivity contribution in [3.8, 4) is 12.1 Å². The van der Waals surface area contributed by atoms with Gasteiger partial charge in [0.25, 0.3) is 11.8 Å². The maximum atomic E-state index is 13.4. The topological polar surface area (TPSA) is 231 Å². The highest BCUT2D eigenvalue weighted by atomic mass is 16.5. The van der Waals surface area contributed by atoms with Gasteiger partial charge in [0, 0.05) is 24.2 Å². The first-order chi connectivity index (χ1) is 45.0. The zero-order valence-electron chi connectivity index (χ0n) is 57.4. The molecule has 0 radical (unpaired) electrons. The Bertz CT molecular complexity index is 2460. The van der Waals surface area contributed by atoms with Crippen LogP contribution in [0.2, 0.25) is 0 Å². The Balaban J connectivity index is 1.09. The van der Waals surface area contributed by atoms with E-state index in [1.54, 1.807) is 62.4 Å². The lowest BCUT2D eigenvalue weighted by Crippen LogP contribution is -2.51. The van der Waals surface area contributed by atoms with Crippen LogP contribution in [0.1, 0.15) is 318 Å². The number of carbonyl (C=O) groups excluding carboxylic acids is 4. The highest BCUT2D eigenvalue weighted by molar-refractivity contribution is 5.97. The third-order valence-corrected chi connectivity index (χ3v) is 18.3. The van der Waals surface area contributed by atoms with Gasteiger partial charge >= 0.3 is 11.9 Å². The molecule has 2 aliphatic rings. The van der Waals surface area contributed by atoms with Crippen LogP contribution in [0.4, 0.5) is 11.4 Å². The highest BCUT2D eigenvalue weighted by Gasteiger charge is 2.41. The molecule has 0 aromatic heterocycles. The number of hydrogen-bond donors (Lipinski definition) is 2. The van der Waals surface area contributed by atoms with E-state index in [0.717, 1.165) is 89.9 Å². The normalized spacial score (nSPS) is 17.0. The Morgan fingerprint density at radius 2 is 0.663 bits per heavy atom. The van der Waals surface area contributed by atoms with Crippen LogP contribution in [0.25, 0.3) is 0 Å². The third-order valence-electron chi connectivity index (χ3n) is 18.3. The Hall–Kier alpha value is -6.10. The molecule has 2 aromatic carbocycles. The molecule has 16 nitrogen and oxygen atoms in total. The molecule has 4 atom stereocenters. The van der Waals surface area contributed by atoms with Crippen LogP contribution < -0.4 is 0 Å². The number of nitrogens with zero attached hydrogens (tertiary/aromatic N) is 8. The number of aliphatic hydroxyl groups is 2. The van der Waals surface area contributed by atoms with Gasteiger partial charge in [-0.15, -0.1) is 0 Å². The molecule has 2 aliphatic heterocycles. The molecule has 0 saturated heterocycles. The lowest BCUT2D eigenvalue weighted by molar-refractivity contribution is -0.140. The quantitative estimate of drug-likeness (QED) is 0.0361. The first-order valence-electron chi connectivity index (χ1n) is 36.5. The molecule has 0 spiro atoms. The number of hydrogen-bond acceptors (Lipinski definition) is 14. The second-order valence-electron chi connectivity index (χ2n) is 25.9. The van der Waals surface area contributed by atoms with Gasteiger partial charge in [-0.3, -0.25) is 9.59 Å². The zero-order chi connectivity index (χ0) is 66.2. The predicted molar refractivity (Wildman–Crippen MR) is 367 cm³/mol. The molecule has 510 valence electrons. The summed E-state index contributed by atoms with van der Waals surface area (Å²) in [5.74, 6) is -1.83. The molecular formula is C76H118N8O8. The van der Waals surface area contributed by atoms with Gasteiger partial charge in [0.05, 0.1) is 59.0 Å². The van der Waals surface area contributed by atoms with Gasteiger partial charge in [0.1, 0.15) is 0 Å². The van der Waals surface area contributed by atoms with Gasteiger partial charge in [0.2, 0.25) is 0 Å². The van der Waals surface area contributed by atoms with E-state index in [1.165, 1.54) is 177 Å². The summed E-state index contributed by atoms with van der Waals surface area (Å²) < 4.78 is 11.3. The molecule has 92 heavy (non-hydrogen) atoms. The van der Waals surface area contributed by atoms with Crippen LogP contribution in [-0.2, 0) is 19.1 Å². The largest absolute Gasteiger partial charge is 0.462 e. The molecule has 0 bridgehead atoms. The van der Waals surface area contributed by atoms with E-state index in [1.807, 2.05) is 0 Å². The lowest BCUT2D eigenvalue weighted by atomic mass is 9.95. The number of azo groups is 2. The number of carbonyl (C=O) groups is 4. The molecule has 2 N–H and O–H groups in total. The Kier molecular flexibility index (Phi) is 42.1. The fraction of sp³-hybridized carbons (Fsp3) is 0.711. The SMILES string of the molecule is CCCCCCCCCCCCCCCCCCOC(=O)c1ccccc1N=NC1C(C#N)=C(C)C(=O)N(CCCCCCCCCCCCN2C(=O)C(C)=C(C#N)C(N=Nc3ccccc3C(=O)OCCCCCCCCCCCCCCCCCC)C2O)C1O. The molecule has 2 heterocycles. The first-order valence-corrected chi connectivity index (χ1v) is 36.5. The van der Waals surface area contributed by atoms with Gasteiger partial charge < -0.3 is 29.5 Å². The van der Waals surface area contributed by atoms with Crippen molar-refractivity contribution in [1.29, 1.82) is 10.5 Å². The van der Waals surface area contributed by atoms with Crippen molar-refractivity contribution in [3.63, 3.8) is 0 Å². The van der Waals surface area contributed by atoms with Gasteiger partial charge in [-0.05, 0) is 63.8 Å². The van der Waals surface area contributed by atoms with E-state index < -0.39 is 48.3 Å². The minimum atomic E-state index is -1.40. The number of esters is 2. The van der Waals surface area contributed by atoms with Crippen LogP contribution in [0.15, 0.2) is 91.3 Å². The number of nitriles is 2. The molecule has 0 fully saturated rings. The molecule has 0 saturated carbocycles. The van der Waals surface area contributed by atoms with Gasteiger partial charge in [-0.2, -0.15) is 31.0 Å². The van der Waals surface area contributed by atoms with Crippen molar-refractivity contribution in [2.45, 2.75) is 322 Å². The second kappa shape index (κ2) is 49.5. The smallest absolute Gasteiger partial charge is 0.340 e. The monoisotopic (exact) mass is 1270 g/mol. The van der Waals surface area contributed by atoms with Crippen molar-refractivity contribution in [2.24, 2.45) is 20.5 Å². The number of benzene rings is 2. The molecule has 16 heteroatoms. The summed E-state index contributed by atoms with van der Waals surface area (Å²) >= 11 is 0. The number of unbranched alkanes of at least 4 members (excludes halogenated alkanes) is 39. The third kappa shape index (κ3) is 29.9. The standard InChI is InChI=1S/C76H118N8O8/c1-5-7-9-11-13-15-17-19-21-23-25-29-33-37-41-49-57-91-75(89)63-51-43-45-53-67(63)79-81-69-65(59-77)61(3)71(85)83(73(69)87)55-47-39-35-31-27-28-32-36-40-48-56-84-72(86)62(4)66(60-78)70(74(84)88)82-80-68-54-46-44-52-64(68)76(90)92-58-50-42-38-34-30-26-24-22-20-18-16-14-12-10-8-6-2/h43-46,51-54,69-70,73-74,87-88H,5-42,47-50,55-58H2,1-4H3. The average molecular weight is 1270 g/mol. The summed E-state index contributed by atoms with van der Waals surface area (Å²) in [4.78, 5) is 55.9. The molecule has 2 aromatic rings. The zero-order valence-corrected chi connectivity index (χ0v) is 57.4. The second-order valence-corrected chi connectivity index (χ2v) is 25.9. The summed E-state index contributed by atoms with van der Waals surface area (Å²) in [5.41, 5.74) is 1.53. The fourth-order valence-corrected chi connectivity index (χ4v) is 12.5. The fourth-order valence-electron chi connectivity index (χ4n) is 12.5. The van der Waals surface area contributed by atoms with Crippen molar-refractivity contribution < 1.29 is 38.9 Å². The van der Waals surface area contributed by atoms with Crippen molar-refractivity contribution >= 4 is 35.1 Å². The minimum Gasteiger partial charge on any atom is -0.462 e. The average Bonchev–Trinajstić information content (AvgIpc) is 0.804. The maximum absolute atomic E-state index is 13.4. The summed E-state index contributed by atoms with van der Waals surface area (Å²) in [6.45, 7) is 8.87. The number of amides is 2. The summed E-state index contributed by atoms with van der Waals surface area (Å²) in [7, 11) is 0. The highest BCUT2D eigenvalue weighted by Crippen LogP contribution is 2.32. The van der Waals surface area contributed by atoms with Gasteiger partial charge in [-0.25, -0.2) is 9.59 Å². The summed E-state index contributed by atoms with van der Waals surface area (Å²) in [6, 6.07) is 15.4. The van der Waals surface area contributed by atoms with Crippen LogP contribution in [-0.4, -0.2) is 94.6 Å². The molecule has 2 amide bonds. The number of ether oxygens (including phenoxy) is 2. The van der Waals surface area contributed by atoms with Crippen LogP contribution in [0, 0.1) is 22.7 Å². The Labute approximate surface area is 554 Å². The van der Waals surface area contributed by atoms with Crippen molar-refractivity contribution in [2.75, 3.05) is 26.3 Å². The van der Waals surface area contributed by atoms with Crippen molar-refractivity contribution in [3.05, 3.63) is 82.0 Å². The Morgan fingerprint density at radius 1 is 0.413 bits per heavy atom.